The second kappa shape index (κ2) is 6.48. The van der Waals surface area contributed by atoms with Gasteiger partial charge in [0.05, 0.1) is 17.6 Å². The van der Waals surface area contributed by atoms with Crippen molar-refractivity contribution in [3.05, 3.63) is 11.6 Å². The van der Waals surface area contributed by atoms with Crippen LogP contribution in [0.1, 0.15) is 99.8 Å². The first-order chi connectivity index (χ1) is 15.3. The molecule has 1 aliphatic heterocycles. The van der Waals surface area contributed by atoms with E-state index in [0.29, 0.717) is 35.4 Å². The Morgan fingerprint density at radius 1 is 1.00 bits per heavy atom. The summed E-state index contributed by atoms with van der Waals surface area (Å²) in [7, 11) is 0. The molecular formula is C30H46O3. The minimum Gasteiger partial charge on any atom is -0.481 e. The van der Waals surface area contributed by atoms with Crippen LogP contribution in [0.15, 0.2) is 11.6 Å². The summed E-state index contributed by atoms with van der Waals surface area (Å²) in [5, 5.41) is 10.5. The summed E-state index contributed by atoms with van der Waals surface area (Å²) in [6, 6.07) is 0. The zero-order valence-corrected chi connectivity index (χ0v) is 22.0. The Bertz CT molecular complexity index is 920. The van der Waals surface area contributed by atoms with Crippen LogP contribution in [0.4, 0.5) is 0 Å². The van der Waals surface area contributed by atoms with Gasteiger partial charge >= 0.3 is 5.97 Å². The van der Waals surface area contributed by atoms with Crippen LogP contribution in [0.25, 0.3) is 0 Å². The second-order valence-electron chi connectivity index (χ2n) is 14.7. The van der Waals surface area contributed by atoms with Gasteiger partial charge in [0.2, 0.25) is 0 Å². The van der Waals surface area contributed by atoms with Crippen LogP contribution >= 0.6 is 0 Å². The Kier molecular flexibility index (Phi) is 4.44. The molecule has 6 aliphatic rings. The topological polar surface area (TPSA) is 49.8 Å². The van der Waals surface area contributed by atoms with Crippen molar-refractivity contribution in [1.29, 1.82) is 0 Å². The van der Waals surface area contributed by atoms with Crippen molar-refractivity contribution in [1.82, 2.24) is 0 Å². The van der Waals surface area contributed by atoms with Crippen LogP contribution in [-0.4, -0.2) is 23.3 Å². The van der Waals surface area contributed by atoms with E-state index in [1.807, 2.05) is 0 Å². The van der Waals surface area contributed by atoms with E-state index in [1.54, 1.807) is 5.57 Å². The number of allylic oxidation sites excluding steroid dienone is 2. The first kappa shape index (κ1) is 22.6. The molecule has 0 radical (unpaired) electrons. The van der Waals surface area contributed by atoms with Gasteiger partial charge in [-0.05, 0) is 103 Å². The van der Waals surface area contributed by atoms with Gasteiger partial charge in [-0.1, -0.05) is 60.1 Å². The molecule has 11 atom stereocenters. The summed E-state index contributed by atoms with van der Waals surface area (Å²) in [5.41, 5.74) is 1.94. The SMILES string of the molecule is C[C@@H]1CC[C@]2(C(=O)O)CC[C@]3(C)C(=CCC4C3(C)CCC3C(C)(C)[C@@H]5O[C@@H]5C[C@@]34C)C2[C@H]1C. The summed E-state index contributed by atoms with van der Waals surface area (Å²) in [5.74, 6) is 2.12. The molecule has 1 N–H and O–H groups in total. The Balaban J connectivity index is 1.46. The van der Waals surface area contributed by atoms with Crippen LogP contribution < -0.4 is 0 Å². The van der Waals surface area contributed by atoms with E-state index in [9.17, 15) is 9.90 Å². The molecule has 0 amide bonds. The number of carbonyl (C=O) groups is 1. The largest absolute Gasteiger partial charge is 0.481 e. The van der Waals surface area contributed by atoms with Crippen molar-refractivity contribution < 1.29 is 14.6 Å². The number of carboxylic acid groups (broad SMARTS) is 1. The molecule has 1 saturated heterocycles. The summed E-state index contributed by atoms with van der Waals surface area (Å²) in [4.78, 5) is 12.8. The number of hydrogen-bond acceptors (Lipinski definition) is 2. The third kappa shape index (κ3) is 2.49. The molecule has 5 fully saturated rings. The molecule has 0 aromatic rings. The maximum atomic E-state index is 12.8. The highest BCUT2D eigenvalue weighted by Crippen LogP contribution is 2.77. The van der Waals surface area contributed by atoms with Gasteiger partial charge in [-0.25, -0.2) is 0 Å². The Morgan fingerprint density at radius 2 is 1.73 bits per heavy atom. The fourth-order valence-corrected chi connectivity index (χ4v) is 11.3. The molecule has 184 valence electrons. The number of fused-ring (bicyclic) bond motifs is 8. The average molecular weight is 455 g/mol. The zero-order chi connectivity index (χ0) is 23.8. The van der Waals surface area contributed by atoms with E-state index in [2.05, 4.69) is 54.5 Å². The molecule has 0 aromatic carbocycles. The summed E-state index contributed by atoms with van der Waals surface area (Å²) in [6.07, 6.45) is 12.3. The molecular weight excluding hydrogens is 408 g/mol. The molecule has 5 aliphatic carbocycles. The molecule has 3 heteroatoms. The van der Waals surface area contributed by atoms with Crippen LogP contribution in [0.2, 0.25) is 0 Å². The number of carboxylic acids is 1. The zero-order valence-electron chi connectivity index (χ0n) is 22.0. The number of epoxide rings is 1. The van der Waals surface area contributed by atoms with E-state index in [-0.39, 0.29) is 22.2 Å². The molecule has 1 heterocycles. The standard InChI is InChI=1S/C30H46O3/c1-17-10-13-30(25(31)32)15-14-28(6)19(23(30)18(17)2)8-9-22-27(5)16-20-24(33-20)26(3,4)21(27)11-12-29(22,28)7/h8,17-18,20-24H,9-16H2,1-7H3,(H,31,32)/t17-,18+,20-,21?,22?,23?,24-,27+,28-,29?,30+/m1/s1. The van der Waals surface area contributed by atoms with Gasteiger partial charge in [-0.3, -0.25) is 4.79 Å². The van der Waals surface area contributed by atoms with Gasteiger partial charge < -0.3 is 9.84 Å². The number of aliphatic carboxylic acids is 1. The minimum absolute atomic E-state index is 0.115. The molecule has 4 unspecified atom stereocenters. The molecule has 4 saturated carbocycles. The van der Waals surface area contributed by atoms with Gasteiger partial charge in [0.15, 0.2) is 0 Å². The lowest BCUT2D eigenvalue weighted by Gasteiger charge is -2.70. The van der Waals surface area contributed by atoms with Crippen molar-refractivity contribution in [2.75, 3.05) is 0 Å². The Labute approximate surface area is 201 Å². The summed E-state index contributed by atoms with van der Waals surface area (Å²) >= 11 is 0. The predicted octanol–water partition coefficient (Wildman–Crippen LogP) is 7.11. The molecule has 6 rings (SSSR count). The van der Waals surface area contributed by atoms with Gasteiger partial charge in [0.1, 0.15) is 0 Å². The smallest absolute Gasteiger partial charge is 0.310 e. The van der Waals surface area contributed by atoms with Crippen molar-refractivity contribution >= 4 is 5.97 Å². The Hall–Kier alpha value is -0.830. The minimum atomic E-state index is -0.538. The fourth-order valence-electron chi connectivity index (χ4n) is 11.3. The predicted molar refractivity (Wildman–Crippen MR) is 131 cm³/mol. The Morgan fingerprint density at radius 3 is 2.42 bits per heavy atom. The van der Waals surface area contributed by atoms with E-state index >= 15 is 0 Å². The molecule has 3 nitrogen and oxygen atoms in total. The van der Waals surface area contributed by atoms with Gasteiger partial charge in [-0.2, -0.15) is 0 Å². The fraction of sp³-hybridized carbons (Fsp3) is 0.900. The molecule has 0 aromatic heterocycles. The highest BCUT2D eigenvalue weighted by molar-refractivity contribution is 5.76. The van der Waals surface area contributed by atoms with E-state index < -0.39 is 11.4 Å². The first-order valence-electron chi connectivity index (χ1n) is 13.9. The molecule has 0 spiro atoms. The maximum absolute atomic E-state index is 12.8. The lowest BCUT2D eigenvalue weighted by molar-refractivity contribution is -0.186. The highest BCUT2D eigenvalue weighted by Gasteiger charge is 2.72. The van der Waals surface area contributed by atoms with E-state index in [0.717, 1.165) is 38.0 Å². The number of hydrogen-bond donors (Lipinski definition) is 1. The van der Waals surface area contributed by atoms with Crippen LogP contribution in [0, 0.1) is 56.7 Å². The van der Waals surface area contributed by atoms with Crippen LogP contribution in [0.3, 0.4) is 0 Å². The van der Waals surface area contributed by atoms with Crippen molar-refractivity contribution in [2.45, 2.75) is 112 Å². The number of ether oxygens (including phenoxy) is 1. The van der Waals surface area contributed by atoms with Crippen LogP contribution in [-0.2, 0) is 9.53 Å². The van der Waals surface area contributed by atoms with Gasteiger partial charge in [0.25, 0.3) is 0 Å². The first-order valence-corrected chi connectivity index (χ1v) is 13.9. The average Bonchev–Trinajstić information content (AvgIpc) is 3.51. The van der Waals surface area contributed by atoms with Crippen molar-refractivity contribution in [3.63, 3.8) is 0 Å². The monoisotopic (exact) mass is 454 g/mol. The third-order valence-corrected chi connectivity index (χ3v) is 13.5. The lowest BCUT2D eigenvalue weighted by Crippen LogP contribution is -2.65. The molecule has 0 bridgehead atoms. The molecule has 33 heavy (non-hydrogen) atoms. The maximum Gasteiger partial charge on any atom is 0.310 e. The third-order valence-electron chi connectivity index (χ3n) is 13.5. The lowest BCUT2D eigenvalue weighted by atomic mass is 9.33. The van der Waals surface area contributed by atoms with E-state index in [1.165, 1.54) is 19.3 Å². The second-order valence-corrected chi connectivity index (χ2v) is 14.7. The van der Waals surface area contributed by atoms with Gasteiger partial charge in [-0.15, -0.1) is 0 Å². The van der Waals surface area contributed by atoms with Crippen LogP contribution in [0.5, 0.6) is 0 Å². The quantitative estimate of drug-likeness (QED) is 0.339. The highest BCUT2D eigenvalue weighted by atomic mass is 16.6. The summed E-state index contributed by atoms with van der Waals surface area (Å²) in [6.45, 7) is 17.4. The van der Waals surface area contributed by atoms with Crippen molar-refractivity contribution in [3.8, 4) is 0 Å². The number of rotatable bonds is 1. The van der Waals surface area contributed by atoms with Gasteiger partial charge in [0, 0.05) is 0 Å². The normalized spacial score (nSPS) is 58.5. The van der Waals surface area contributed by atoms with E-state index in [4.69, 9.17) is 4.74 Å². The van der Waals surface area contributed by atoms with Crippen molar-refractivity contribution in [2.24, 2.45) is 56.7 Å². The summed E-state index contributed by atoms with van der Waals surface area (Å²) < 4.78 is 6.25.